The van der Waals surface area contributed by atoms with Crippen LogP contribution in [0.4, 0.5) is 0 Å². The lowest BCUT2D eigenvalue weighted by atomic mass is 10.2. The van der Waals surface area contributed by atoms with Gasteiger partial charge in [0, 0.05) is 12.1 Å². The first kappa shape index (κ1) is 15.6. The third-order valence-electron chi connectivity index (χ3n) is 3.63. The highest BCUT2D eigenvalue weighted by atomic mass is 16.5. The van der Waals surface area contributed by atoms with Crippen LogP contribution in [0.1, 0.15) is 31.7 Å². The van der Waals surface area contributed by atoms with E-state index in [1.54, 1.807) is 12.1 Å². The van der Waals surface area contributed by atoms with E-state index in [1.807, 2.05) is 13.0 Å². The summed E-state index contributed by atoms with van der Waals surface area (Å²) in [4.78, 5) is 2.48. The fourth-order valence-electron chi connectivity index (χ4n) is 2.54. The minimum absolute atomic E-state index is 0.0385. The molecule has 0 unspecified atom stereocenters. The van der Waals surface area contributed by atoms with Gasteiger partial charge in [-0.15, -0.1) is 0 Å². The van der Waals surface area contributed by atoms with Gasteiger partial charge in [-0.1, -0.05) is 0 Å². The predicted octanol–water partition coefficient (Wildman–Crippen LogP) is 2.23. The van der Waals surface area contributed by atoms with E-state index in [9.17, 15) is 0 Å². The van der Waals surface area contributed by atoms with Gasteiger partial charge in [0.15, 0.2) is 11.5 Å². The van der Waals surface area contributed by atoms with Crippen LogP contribution in [0.25, 0.3) is 0 Å². The van der Waals surface area contributed by atoms with Crippen LogP contribution in [-0.2, 0) is 0 Å². The zero-order valence-corrected chi connectivity index (χ0v) is 12.7. The van der Waals surface area contributed by atoms with Crippen molar-refractivity contribution in [1.82, 2.24) is 4.90 Å². The standard InChI is InChI=1S/C16H25N3O2/c1-2-20-15-12-13(16(17)18)6-7-14(15)21-11-5-10-19-8-3-4-9-19/h6-7,12H,2-5,8-11H2,1H3,(H3,17,18). The average Bonchev–Trinajstić information content (AvgIpc) is 2.98. The van der Waals surface area contributed by atoms with E-state index < -0.39 is 0 Å². The van der Waals surface area contributed by atoms with Gasteiger partial charge in [-0.2, -0.15) is 0 Å². The Morgan fingerprint density at radius 2 is 2.00 bits per heavy atom. The lowest BCUT2D eigenvalue weighted by Crippen LogP contribution is -2.22. The first-order chi connectivity index (χ1) is 10.2. The predicted molar refractivity (Wildman–Crippen MR) is 84.4 cm³/mol. The molecule has 1 saturated heterocycles. The number of ether oxygens (including phenoxy) is 2. The van der Waals surface area contributed by atoms with Crippen molar-refractivity contribution in [3.63, 3.8) is 0 Å². The number of nitrogen functional groups attached to an aromatic ring is 1. The number of benzene rings is 1. The summed E-state index contributed by atoms with van der Waals surface area (Å²) in [6, 6.07) is 5.39. The molecule has 1 aliphatic rings. The number of hydrogen-bond donors (Lipinski definition) is 2. The summed E-state index contributed by atoms with van der Waals surface area (Å²) >= 11 is 0. The Morgan fingerprint density at radius 1 is 1.24 bits per heavy atom. The fourth-order valence-corrected chi connectivity index (χ4v) is 2.54. The summed E-state index contributed by atoms with van der Waals surface area (Å²) in [6.07, 6.45) is 3.66. The van der Waals surface area contributed by atoms with Gasteiger partial charge in [0.25, 0.3) is 0 Å². The Kier molecular flexibility index (Phi) is 5.87. The quantitative estimate of drug-likeness (QED) is 0.438. The number of nitrogens with zero attached hydrogens (tertiary/aromatic N) is 1. The minimum atomic E-state index is 0.0385. The molecule has 0 aromatic heterocycles. The molecule has 0 amide bonds. The van der Waals surface area contributed by atoms with E-state index in [-0.39, 0.29) is 5.84 Å². The van der Waals surface area contributed by atoms with Crippen molar-refractivity contribution in [2.24, 2.45) is 5.73 Å². The third kappa shape index (κ3) is 4.63. The van der Waals surface area contributed by atoms with Gasteiger partial charge in [0.1, 0.15) is 5.84 Å². The summed E-state index contributed by atoms with van der Waals surface area (Å²) in [7, 11) is 0. The number of nitrogens with one attached hydrogen (secondary N) is 1. The molecular formula is C16H25N3O2. The van der Waals surface area contributed by atoms with Gasteiger partial charge in [0.05, 0.1) is 13.2 Å². The zero-order chi connectivity index (χ0) is 15.1. The molecule has 1 fully saturated rings. The normalized spacial score (nSPS) is 15.1. The van der Waals surface area contributed by atoms with Crippen molar-refractivity contribution in [2.75, 3.05) is 32.8 Å². The summed E-state index contributed by atoms with van der Waals surface area (Å²) in [5.74, 6) is 1.42. The third-order valence-corrected chi connectivity index (χ3v) is 3.63. The fraction of sp³-hybridized carbons (Fsp3) is 0.562. The minimum Gasteiger partial charge on any atom is -0.490 e. The molecule has 5 nitrogen and oxygen atoms in total. The van der Waals surface area contributed by atoms with E-state index in [2.05, 4.69) is 4.90 Å². The largest absolute Gasteiger partial charge is 0.490 e. The molecule has 0 bridgehead atoms. The molecule has 21 heavy (non-hydrogen) atoms. The van der Waals surface area contributed by atoms with Crippen LogP contribution in [0.15, 0.2) is 18.2 Å². The van der Waals surface area contributed by atoms with Crippen molar-refractivity contribution in [3.8, 4) is 11.5 Å². The molecule has 0 radical (unpaired) electrons. The first-order valence-electron chi connectivity index (χ1n) is 7.67. The van der Waals surface area contributed by atoms with Gasteiger partial charge < -0.3 is 20.1 Å². The molecule has 5 heteroatoms. The van der Waals surface area contributed by atoms with Crippen LogP contribution in [0.3, 0.4) is 0 Å². The van der Waals surface area contributed by atoms with Crippen LogP contribution in [0, 0.1) is 5.41 Å². The van der Waals surface area contributed by atoms with Gasteiger partial charge >= 0.3 is 0 Å². The summed E-state index contributed by atoms with van der Waals surface area (Å²) in [5.41, 5.74) is 6.16. The maximum atomic E-state index is 7.47. The lowest BCUT2D eigenvalue weighted by molar-refractivity contribution is 0.248. The van der Waals surface area contributed by atoms with E-state index in [0.29, 0.717) is 24.5 Å². The van der Waals surface area contributed by atoms with Gasteiger partial charge in [-0.3, -0.25) is 5.41 Å². The van der Waals surface area contributed by atoms with Crippen LogP contribution < -0.4 is 15.2 Å². The second kappa shape index (κ2) is 7.88. The Morgan fingerprint density at radius 3 is 2.67 bits per heavy atom. The van der Waals surface area contributed by atoms with Crippen LogP contribution in [0.2, 0.25) is 0 Å². The summed E-state index contributed by atoms with van der Waals surface area (Å²) in [5, 5.41) is 7.47. The van der Waals surface area contributed by atoms with E-state index in [4.69, 9.17) is 20.6 Å². The molecule has 2 rings (SSSR count). The van der Waals surface area contributed by atoms with Crippen molar-refractivity contribution in [3.05, 3.63) is 23.8 Å². The maximum absolute atomic E-state index is 7.47. The summed E-state index contributed by atoms with van der Waals surface area (Å²) in [6.45, 7) is 6.70. The van der Waals surface area contributed by atoms with Crippen LogP contribution >= 0.6 is 0 Å². The molecule has 1 heterocycles. The molecule has 1 aromatic rings. The monoisotopic (exact) mass is 291 g/mol. The SMILES string of the molecule is CCOc1cc(C(=N)N)ccc1OCCCN1CCCC1. The smallest absolute Gasteiger partial charge is 0.161 e. The van der Waals surface area contributed by atoms with Crippen molar-refractivity contribution < 1.29 is 9.47 Å². The summed E-state index contributed by atoms with van der Waals surface area (Å²) < 4.78 is 11.4. The highest BCUT2D eigenvalue weighted by Gasteiger charge is 2.11. The van der Waals surface area contributed by atoms with E-state index >= 15 is 0 Å². The van der Waals surface area contributed by atoms with E-state index in [1.165, 1.54) is 25.9 Å². The molecule has 1 aliphatic heterocycles. The molecule has 1 aromatic carbocycles. The number of amidine groups is 1. The zero-order valence-electron chi connectivity index (χ0n) is 12.7. The molecule has 0 saturated carbocycles. The van der Waals surface area contributed by atoms with Crippen LogP contribution in [0.5, 0.6) is 11.5 Å². The highest BCUT2D eigenvalue weighted by Crippen LogP contribution is 2.28. The second-order valence-electron chi connectivity index (χ2n) is 5.26. The highest BCUT2D eigenvalue weighted by molar-refractivity contribution is 5.95. The Bertz CT molecular complexity index is 471. The molecule has 3 N–H and O–H groups in total. The second-order valence-corrected chi connectivity index (χ2v) is 5.26. The number of rotatable bonds is 8. The lowest BCUT2D eigenvalue weighted by Gasteiger charge is -2.16. The molecule has 0 spiro atoms. The van der Waals surface area contributed by atoms with Gasteiger partial charge in [0.2, 0.25) is 0 Å². The molecule has 0 aliphatic carbocycles. The Labute approximate surface area is 126 Å². The van der Waals surface area contributed by atoms with Crippen molar-refractivity contribution >= 4 is 5.84 Å². The molecule has 116 valence electrons. The Balaban J connectivity index is 1.87. The van der Waals surface area contributed by atoms with Crippen molar-refractivity contribution in [1.29, 1.82) is 5.41 Å². The van der Waals surface area contributed by atoms with Crippen LogP contribution in [-0.4, -0.2) is 43.6 Å². The van der Waals surface area contributed by atoms with Crippen molar-refractivity contribution in [2.45, 2.75) is 26.2 Å². The number of hydrogen-bond acceptors (Lipinski definition) is 4. The maximum Gasteiger partial charge on any atom is 0.161 e. The molecule has 0 atom stereocenters. The van der Waals surface area contributed by atoms with E-state index in [0.717, 1.165) is 18.7 Å². The molecular weight excluding hydrogens is 266 g/mol. The number of nitrogens with two attached hydrogens (primary N) is 1. The number of likely N-dealkylation sites (tertiary alicyclic amines) is 1. The Hall–Kier alpha value is -1.75. The van der Waals surface area contributed by atoms with Gasteiger partial charge in [-0.25, -0.2) is 0 Å². The average molecular weight is 291 g/mol. The van der Waals surface area contributed by atoms with Gasteiger partial charge in [-0.05, 0) is 57.5 Å². The first-order valence-corrected chi connectivity index (χ1v) is 7.67. The topological polar surface area (TPSA) is 71.6 Å².